The van der Waals surface area contributed by atoms with Gasteiger partial charge in [-0.25, -0.2) is 0 Å². The van der Waals surface area contributed by atoms with Gasteiger partial charge in [-0.3, -0.25) is 9.44 Å². The Morgan fingerprint density at radius 1 is 1.30 bits per heavy atom. The van der Waals surface area contributed by atoms with Crippen molar-refractivity contribution in [2.45, 2.75) is 26.1 Å². The van der Waals surface area contributed by atoms with Crippen LogP contribution in [0.15, 0.2) is 0 Å². The molecule has 0 spiro atoms. The van der Waals surface area contributed by atoms with Gasteiger partial charge in [0.25, 0.3) is 0 Å². The van der Waals surface area contributed by atoms with Crippen LogP contribution in [0.25, 0.3) is 0 Å². The van der Waals surface area contributed by atoms with Gasteiger partial charge in [0.15, 0.2) is 0 Å². The van der Waals surface area contributed by atoms with E-state index >= 15 is 0 Å². The molecule has 0 unspecified atom stereocenters. The first-order chi connectivity index (χ1) is 4.06. The highest BCUT2D eigenvalue weighted by Crippen LogP contribution is 2.16. The van der Waals surface area contributed by atoms with Crippen LogP contribution in [0.3, 0.4) is 0 Å². The van der Waals surface area contributed by atoms with Gasteiger partial charge in [-0.2, -0.15) is 0 Å². The van der Waals surface area contributed by atoms with Gasteiger partial charge >= 0.3 is 6.36 Å². The number of unbranched alkanes of at least 4 members (excludes halogenated alkanes) is 1. The van der Waals surface area contributed by atoms with Crippen LogP contribution in [0.4, 0.5) is 17.9 Å². The molecule has 0 saturated heterocycles. The Kier molecular flexibility index (Phi) is 6.76. The molecule has 64 valence electrons. The van der Waals surface area contributed by atoms with E-state index < -0.39 is 6.36 Å². The first-order valence-corrected chi connectivity index (χ1v) is 2.77. The van der Waals surface area contributed by atoms with Crippen molar-refractivity contribution in [2.75, 3.05) is 6.61 Å². The molecule has 0 rings (SSSR count). The molecule has 1 nitrogen and oxygen atoms in total. The van der Waals surface area contributed by atoms with E-state index in [1.165, 1.54) is 0 Å². The summed E-state index contributed by atoms with van der Waals surface area (Å²) in [5.41, 5.74) is 0. The fourth-order valence-electron chi connectivity index (χ4n) is 0.332. The molecule has 0 saturated carbocycles. The molecular formula is C5H10F4O. The van der Waals surface area contributed by atoms with E-state index in [9.17, 15) is 13.2 Å². The van der Waals surface area contributed by atoms with Crippen molar-refractivity contribution in [1.82, 2.24) is 0 Å². The van der Waals surface area contributed by atoms with Gasteiger partial charge < -0.3 is 0 Å². The smallest absolute Gasteiger partial charge is 0.292 e. The lowest BCUT2D eigenvalue weighted by atomic mass is 10.4. The molecule has 0 fully saturated rings. The fourth-order valence-corrected chi connectivity index (χ4v) is 0.332. The van der Waals surface area contributed by atoms with Crippen molar-refractivity contribution in [3.05, 3.63) is 0 Å². The largest absolute Gasteiger partial charge is 0.522 e. The Balaban J connectivity index is 0. The maximum atomic E-state index is 11.2. The third-order valence-corrected chi connectivity index (χ3v) is 0.764. The molecule has 0 amide bonds. The summed E-state index contributed by atoms with van der Waals surface area (Å²) in [6.45, 7) is 1.58. The van der Waals surface area contributed by atoms with Gasteiger partial charge in [0, 0.05) is 0 Å². The standard InChI is InChI=1S/C5H9F3O.FH/c1-2-3-4-9-5(6,7)8;/h2-4H2,1H3;1H. The Morgan fingerprint density at radius 2 is 1.80 bits per heavy atom. The molecule has 10 heavy (non-hydrogen) atoms. The van der Waals surface area contributed by atoms with Gasteiger partial charge in [0.2, 0.25) is 0 Å². The molecule has 0 aromatic carbocycles. The van der Waals surface area contributed by atoms with E-state index in [1.807, 2.05) is 0 Å². The van der Waals surface area contributed by atoms with Crippen molar-refractivity contribution in [3.63, 3.8) is 0 Å². The molecule has 5 heteroatoms. The summed E-state index contributed by atoms with van der Waals surface area (Å²) in [7, 11) is 0. The number of halogens is 4. The highest BCUT2D eigenvalue weighted by atomic mass is 19.4. The molecule has 0 aromatic heterocycles. The first-order valence-electron chi connectivity index (χ1n) is 2.77. The minimum absolute atomic E-state index is 0. The molecule has 0 heterocycles. The highest BCUT2D eigenvalue weighted by molar-refractivity contribution is 4.32. The van der Waals surface area contributed by atoms with Gasteiger partial charge in [-0.05, 0) is 6.42 Å². The average molecular weight is 162 g/mol. The second-order valence-electron chi connectivity index (χ2n) is 1.65. The Bertz CT molecular complexity index is 70.5. The van der Waals surface area contributed by atoms with E-state index in [0.29, 0.717) is 6.42 Å². The Morgan fingerprint density at radius 3 is 2.10 bits per heavy atom. The first kappa shape index (κ1) is 12.4. The van der Waals surface area contributed by atoms with Crippen molar-refractivity contribution >= 4 is 0 Å². The van der Waals surface area contributed by atoms with E-state index in [4.69, 9.17) is 0 Å². The molecular weight excluding hydrogens is 152 g/mol. The zero-order chi connectivity index (χ0) is 7.33. The number of hydrogen-bond donors (Lipinski definition) is 0. The van der Waals surface area contributed by atoms with E-state index in [1.54, 1.807) is 6.92 Å². The number of alkyl halides is 3. The third-order valence-electron chi connectivity index (χ3n) is 0.764. The molecule has 0 atom stereocenters. The number of ether oxygens (including phenoxy) is 1. The zero-order valence-corrected chi connectivity index (χ0v) is 5.57. The topological polar surface area (TPSA) is 9.23 Å². The molecule has 0 N–H and O–H groups in total. The lowest BCUT2D eigenvalue weighted by Gasteiger charge is -2.04. The molecule has 0 bridgehead atoms. The van der Waals surface area contributed by atoms with Crippen LogP contribution in [-0.2, 0) is 4.74 Å². The summed E-state index contributed by atoms with van der Waals surface area (Å²) in [5, 5.41) is 0. The molecule has 0 aliphatic heterocycles. The van der Waals surface area contributed by atoms with Crippen LogP contribution in [-0.4, -0.2) is 13.0 Å². The van der Waals surface area contributed by atoms with Gasteiger partial charge in [-0.15, -0.1) is 13.2 Å². The third kappa shape index (κ3) is 10.6. The highest BCUT2D eigenvalue weighted by Gasteiger charge is 2.28. The number of rotatable bonds is 3. The molecule has 0 radical (unpaired) electrons. The normalized spacial score (nSPS) is 10.8. The predicted octanol–water partition coefficient (Wildman–Crippen LogP) is 2.48. The van der Waals surface area contributed by atoms with Crippen LogP contribution >= 0.6 is 0 Å². The van der Waals surface area contributed by atoms with Crippen molar-refractivity contribution in [1.29, 1.82) is 0 Å². The Hall–Kier alpha value is -0.320. The van der Waals surface area contributed by atoms with Crippen LogP contribution in [0.2, 0.25) is 0 Å². The summed E-state index contributed by atoms with van der Waals surface area (Å²) in [4.78, 5) is 0. The van der Waals surface area contributed by atoms with Gasteiger partial charge in [0.05, 0.1) is 6.61 Å². The van der Waals surface area contributed by atoms with E-state index in [0.717, 1.165) is 6.42 Å². The zero-order valence-electron chi connectivity index (χ0n) is 5.57. The van der Waals surface area contributed by atoms with Crippen molar-refractivity contribution in [2.24, 2.45) is 0 Å². The predicted molar refractivity (Wildman–Crippen MR) is 29.4 cm³/mol. The maximum Gasteiger partial charge on any atom is 0.522 e. The molecule has 0 aliphatic carbocycles. The second-order valence-corrected chi connectivity index (χ2v) is 1.65. The maximum absolute atomic E-state index is 11.2. The van der Waals surface area contributed by atoms with Gasteiger partial charge in [-0.1, -0.05) is 13.3 Å². The van der Waals surface area contributed by atoms with Crippen LogP contribution < -0.4 is 0 Å². The van der Waals surface area contributed by atoms with Crippen LogP contribution in [0.5, 0.6) is 0 Å². The summed E-state index contributed by atoms with van der Waals surface area (Å²) >= 11 is 0. The van der Waals surface area contributed by atoms with Gasteiger partial charge in [0.1, 0.15) is 0 Å². The lowest BCUT2D eigenvalue weighted by Crippen LogP contribution is -2.13. The number of hydrogen-bond acceptors (Lipinski definition) is 1. The van der Waals surface area contributed by atoms with Crippen molar-refractivity contribution in [3.8, 4) is 0 Å². The summed E-state index contributed by atoms with van der Waals surface area (Å²) in [5.74, 6) is 0. The lowest BCUT2D eigenvalue weighted by molar-refractivity contribution is -0.324. The quantitative estimate of drug-likeness (QED) is 0.457. The van der Waals surface area contributed by atoms with Crippen LogP contribution in [0.1, 0.15) is 19.8 Å². The second kappa shape index (κ2) is 5.46. The minimum Gasteiger partial charge on any atom is -0.292 e. The summed E-state index contributed by atoms with van der Waals surface area (Å²) < 4.78 is 36.9. The monoisotopic (exact) mass is 162 g/mol. The molecule has 0 aliphatic rings. The Labute approximate surface area is 56.5 Å². The fraction of sp³-hybridized carbons (Fsp3) is 1.00. The van der Waals surface area contributed by atoms with E-state index in [2.05, 4.69) is 4.74 Å². The van der Waals surface area contributed by atoms with E-state index in [-0.39, 0.29) is 11.3 Å². The minimum atomic E-state index is -4.45. The van der Waals surface area contributed by atoms with Crippen molar-refractivity contribution < 1.29 is 22.6 Å². The molecule has 0 aromatic rings. The summed E-state index contributed by atoms with van der Waals surface area (Å²) in [6.07, 6.45) is -3.27. The van der Waals surface area contributed by atoms with Crippen LogP contribution in [0, 0.1) is 0 Å². The average Bonchev–Trinajstić information content (AvgIpc) is 1.63. The summed E-state index contributed by atoms with van der Waals surface area (Å²) in [6, 6.07) is 0. The SMILES string of the molecule is CCCCOC(F)(F)F.F.